The molecule has 1 aliphatic heterocycles. The van der Waals surface area contributed by atoms with Gasteiger partial charge in [0.15, 0.2) is 0 Å². The minimum Gasteiger partial charge on any atom is -0.351 e. The molecule has 0 saturated carbocycles. The van der Waals surface area contributed by atoms with Gasteiger partial charge in [0.2, 0.25) is 15.9 Å². The van der Waals surface area contributed by atoms with E-state index in [-0.39, 0.29) is 23.7 Å². The lowest BCUT2D eigenvalue weighted by Gasteiger charge is -2.23. The quantitative estimate of drug-likeness (QED) is 0.567. The number of halogens is 1. The third-order valence-electron chi connectivity index (χ3n) is 4.50. The van der Waals surface area contributed by atoms with E-state index in [0.717, 1.165) is 15.9 Å². The van der Waals surface area contributed by atoms with E-state index in [1.165, 1.54) is 18.2 Å². The summed E-state index contributed by atoms with van der Waals surface area (Å²) < 4.78 is 27.0. The zero-order valence-electron chi connectivity index (χ0n) is 14.7. The Labute approximate surface area is 167 Å². The molecule has 1 aliphatic rings. The van der Waals surface area contributed by atoms with Crippen molar-refractivity contribution < 1.29 is 18.1 Å². The average molecular weight is 424 g/mol. The molecular weight excluding hydrogens is 406 g/mol. The molecule has 1 amide bonds. The first-order chi connectivity index (χ1) is 13.3. The second kappa shape index (κ2) is 8.26. The molecule has 0 bridgehead atoms. The number of hydrogen-bond donors (Lipinski definition) is 1. The molecule has 8 nitrogen and oxygen atoms in total. The molecule has 1 saturated heterocycles. The number of nitro benzene ring substituents is 1. The summed E-state index contributed by atoms with van der Waals surface area (Å²) in [5.41, 5.74) is 0.481. The average Bonchev–Trinajstić information content (AvgIpc) is 3.17. The molecule has 0 aromatic heterocycles. The van der Waals surface area contributed by atoms with Crippen molar-refractivity contribution in [1.29, 1.82) is 0 Å². The second-order valence-electron chi connectivity index (χ2n) is 6.38. The molecule has 2 aromatic rings. The summed E-state index contributed by atoms with van der Waals surface area (Å²) in [5, 5.41) is 14.2. The summed E-state index contributed by atoms with van der Waals surface area (Å²) in [6.07, 6.45) is 0.916. The monoisotopic (exact) mass is 423 g/mol. The molecule has 28 heavy (non-hydrogen) atoms. The van der Waals surface area contributed by atoms with Crippen LogP contribution in [-0.2, 0) is 21.4 Å². The van der Waals surface area contributed by atoms with Gasteiger partial charge in [0, 0.05) is 30.2 Å². The first-order valence-electron chi connectivity index (χ1n) is 8.57. The molecule has 10 heteroatoms. The van der Waals surface area contributed by atoms with Crippen LogP contribution in [0.2, 0.25) is 5.02 Å². The fraction of sp³-hybridized carbons (Fsp3) is 0.278. The fourth-order valence-corrected chi connectivity index (χ4v) is 5.05. The molecule has 1 N–H and O–H groups in total. The number of amides is 1. The van der Waals surface area contributed by atoms with Crippen molar-refractivity contribution in [2.24, 2.45) is 0 Å². The summed E-state index contributed by atoms with van der Waals surface area (Å²) in [7, 11) is -4.03. The largest absolute Gasteiger partial charge is 0.351 e. The fourth-order valence-electron chi connectivity index (χ4n) is 3.14. The number of sulfonamides is 1. The summed E-state index contributed by atoms with van der Waals surface area (Å²) in [4.78, 5) is 22.7. The Balaban J connectivity index is 1.76. The molecule has 0 aliphatic carbocycles. The smallest absolute Gasteiger partial charge is 0.270 e. The summed E-state index contributed by atoms with van der Waals surface area (Å²) in [6.45, 7) is 0.404. The highest BCUT2D eigenvalue weighted by atomic mass is 35.5. The summed E-state index contributed by atoms with van der Waals surface area (Å²) in [5.74, 6) is -0.411. The van der Waals surface area contributed by atoms with Crippen LogP contribution >= 0.6 is 11.6 Å². The normalized spacial score (nSPS) is 17.4. The van der Waals surface area contributed by atoms with Crippen LogP contribution in [0.4, 0.5) is 5.69 Å². The molecule has 0 spiro atoms. The van der Waals surface area contributed by atoms with E-state index in [1.807, 2.05) is 0 Å². The van der Waals surface area contributed by atoms with Gasteiger partial charge in [-0.15, -0.1) is 0 Å². The molecule has 1 atom stereocenters. The van der Waals surface area contributed by atoms with E-state index < -0.39 is 26.9 Å². The Morgan fingerprint density at radius 2 is 2.00 bits per heavy atom. The van der Waals surface area contributed by atoms with Crippen molar-refractivity contribution in [3.63, 3.8) is 0 Å². The lowest BCUT2D eigenvalue weighted by atomic mass is 10.2. The van der Waals surface area contributed by atoms with Gasteiger partial charge in [0.1, 0.15) is 6.04 Å². The molecule has 1 fully saturated rings. The van der Waals surface area contributed by atoms with Gasteiger partial charge in [-0.1, -0.05) is 29.8 Å². The number of nitrogens with zero attached hydrogens (tertiary/aromatic N) is 2. The maximum Gasteiger partial charge on any atom is 0.270 e. The number of nitro groups is 1. The Morgan fingerprint density at radius 3 is 2.71 bits per heavy atom. The van der Waals surface area contributed by atoms with E-state index >= 15 is 0 Å². The van der Waals surface area contributed by atoms with Crippen molar-refractivity contribution in [2.45, 2.75) is 30.3 Å². The third kappa shape index (κ3) is 4.32. The highest BCUT2D eigenvalue weighted by Gasteiger charge is 2.39. The molecule has 1 heterocycles. The number of rotatable bonds is 6. The van der Waals surface area contributed by atoms with Crippen LogP contribution in [0.25, 0.3) is 0 Å². The van der Waals surface area contributed by atoms with E-state index in [9.17, 15) is 23.3 Å². The highest BCUT2D eigenvalue weighted by Crippen LogP contribution is 2.28. The maximum absolute atomic E-state index is 12.9. The standard InChI is InChI=1S/C18H18ClN3O5S/c19-14-5-1-4-13(10-14)12-20-18(23)17-8-3-9-21(17)28(26,27)16-7-2-6-15(11-16)22(24)25/h1-2,4-7,10-11,17H,3,8-9,12H2,(H,20,23)/t17-/m0/s1. The van der Waals surface area contributed by atoms with Gasteiger partial charge >= 0.3 is 0 Å². The zero-order chi connectivity index (χ0) is 20.3. The minimum absolute atomic E-state index is 0.181. The SMILES string of the molecule is O=C(NCc1cccc(Cl)c1)[C@@H]1CCCN1S(=O)(=O)c1cccc([N+](=O)[O-])c1. The lowest BCUT2D eigenvalue weighted by molar-refractivity contribution is -0.385. The van der Waals surface area contributed by atoms with Gasteiger partial charge in [-0.25, -0.2) is 8.42 Å². The Bertz CT molecular complexity index is 1010. The van der Waals surface area contributed by atoms with Crippen LogP contribution < -0.4 is 5.32 Å². The van der Waals surface area contributed by atoms with Gasteiger partial charge < -0.3 is 5.32 Å². The Kier molecular flexibility index (Phi) is 5.97. The summed E-state index contributed by atoms with van der Waals surface area (Å²) >= 11 is 5.92. The van der Waals surface area contributed by atoms with Crippen molar-refractivity contribution >= 4 is 33.2 Å². The van der Waals surface area contributed by atoms with E-state index in [2.05, 4.69) is 5.32 Å². The maximum atomic E-state index is 12.9. The highest BCUT2D eigenvalue weighted by molar-refractivity contribution is 7.89. The van der Waals surface area contributed by atoms with E-state index in [0.29, 0.717) is 17.9 Å². The van der Waals surface area contributed by atoms with Gasteiger partial charge in [-0.05, 0) is 36.6 Å². The van der Waals surface area contributed by atoms with Crippen molar-refractivity contribution in [3.05, 3.63) is 69.2 Å². The third-order valence-corrected chi connectivity index (χ3v) is 6.64. The molecule has 0 unspecified atom stereocenters. The molecule has 148 valence electrons. The lowest BCUT2D eigenvalue weighted by Crippen LogP contribution is -2.45. The van der Waals surface area contributed by atoms with E-state index in [4.69, 9.17) is 11.6 Å². The van der Waals surface area contributed by atoms with Gasteiger partial charge in [-0.3, -0.25) is 14.9 Å². The van der Waals surface area contributed by atoms with E-state index in [1.54, 1.807) is 24.3 Å². The minimum atomic E-state index is -4.03. The van der Waals surface area contributed by atoms with Crippen LogP contribution in [0.15, 0.2) is 53.4 Å². The van der Waals surface area contributed by atoms with Crippen LogP contribution in [0, 0.1) is 10.1 Å². The van der Waals surface area contributed by atoms with Gasteiger partial charge in [0.25, 0.3) is 5.69 Å². The number of benzene rings is 2. The van der Waals surface area contributed by atoms with Crippen molar-refractivity contribution in [3.8, 4) is 0 Å². The van der Waals surface area contributed by atoms with Gasteiger partial charge in [-0.2, -0.15) is 4.31 Å². The number of carbonyl (C=O) groups excluding carboxylic acids is 1. The first kappa shape index (κ1) is 20.2. The van der Waals surface area contributed by atoms with Crippen LogP contribution in [0.5, 0.6) is 0 Å². The first-order valence-corrected chi connectivity index (χ1v) is 10.4. The molecule has 3 rings (SSSR count). The van der Waals surface area contributed by atoms with Crippen LogP contribution in [0.1, 0.15) is 18.4 Å². The Morgan fingerprint density at radius 1 is 1.25 bits per heavy atom. The topological polar surface area (TPSA) is 110 Å². The Hall–Kier alpha value is -2.49. The second-order valence-corrected chi connectivity index (χ2v) is 8.70. The number of nitrogens with one attached hydrogen (secondary N) is 1. The molecule has 0 radical (unpaired) electrons. The number of hydrogen-bond acceptors (Lipinski definition) is 5. The van der Waals surface area contributed by atoms with Crippen LogP contribution in [-0.4, -0.2) is 36.1 Å². The number of non-ortho nitro benzene ring substituents is 1. The predicted molar refractivity (Wildman–Crippen MR) is 103 cm³/mol. The zero-order valence-corrected chi connectivity index (χ0v) is 16.3. The van der Waals surface area contributed by atoms with Crippen LogP contribution in [0.3, 0.4) is 0 Å². The van der Waals surface area contributed by atoms with Crippen molar-refractivity contribution in [2.75, 3.05) is 6.54 Å². The summed E-state index contributed by atoms with van der Waals surface area (Å²) in [6, 6.07) is 11.0. The molecule has 2 aromatic carbocycles. The molecular formula is C18H18ClN3O5S. The van der Waals surface area contributed by atoms with Gasteiger partial charge in [0.05, 0.1) is 9.82 Å². The predicted octanol–water partition coefficient (Wildman–Crippen LogP) is 2.72. The van der Waals surface area contributed by atoms with Crippen molar-refractivity contribution in [1.82, 2.24) is 9.62 Å². The number of carbonyl (C=O) groups is 1.